The highest BCUT2D eigenvalue weighted by Gasteiger charge is 2.06. The molecule has 76 valence electrons. The van der Waals surface area contributed by atoms with Crippen LogP contribution in [0.2, 0.25) is 0 Å². The highest BCUT2D eigenvalue weighted by Crippen LogP contribution is 2.25. The summed E-state index contributed by atoms with van der Waals surface area (Å²) in [5.41, 5.74) is 3.46. The first-order valence-electron chi connectivity index (χ1n) is 5.00. The van der Waals surface area contributed by atoms with Gasteiger partial charge in [-0.15, -0.1) is 0 Å². The van der Waals surface area contributed by atoms with Gasteiger partial charge < -0.3 is 0 Å². The van der Waals surface area contributed by atoms with E-state index in [1.54, 1.807) is 13.0 Å². The minimum Gasteiger partial charge on any atom is -0.206 e. The van der Waals surface area contributed by atoms with Crippen molar-refractivity contribution in [3.8, 4) is 11.1 Å². The first-order valence-corrected chi connectivity index (χ1v) is 5.00. The van der Waals surface area contributed by atoms with Crippen molar-refractivity contribution in [1.82, 2.24) is 0 Å². The minimum atomic E-state index is -0.122. The lowest BCUT2D eigenvalue weighted by Gasteiger charge is -2.06. The van der Waals surface area contributed by atoms with Gasteiger partial charge in [0, 0.05) is 5.56 Å². The second-order valence-corrected chi connectivity index (χ2v) is 3.81. The molecular weight excluding hydrogens is 187 g/mol. The average Bonchev–Trinajstić information content (AvgIpc) is 2.22. The zero-order chi connectivity index (χ0) is 10.8. The molecule has 0 unspecified atom stereocenters. The van der Waals surface area contributed by atoms with Crippen molar-refractivity contribution in [2.75, 3.05) is 0 Å². The molecule has 0 saturated heterocycles. The van der Waals surface area contributed by atoms with Gasteiger partial charge in [0.25, 0.3) is 0 Å². The van der Waals surface area contributed by atoms with Crippen LogP contribution in [0.4, 0.5) is 4.39 Å². The lowest BCUT2D eigenvalue weighted by atomic mass is 10.0. The highest BCUT2D eigenvalue weighted by molar-refractivity contribution is 5.65. The van der Waals surface area contributed by atoms with Crippen molar-refractivity contribution in [3.63, 3.8) is 0 Å². The topological polar surface area (TPSA) is 0 Å². The molecule has 1 heteroatoms. The van der Waals surface area contributed by atoms with Crippen molar-refractivity contribution in [2.45, 2.75) is 13.8 Å². The minimum absolute atomic E-state index is 0.122. The van der Waals surface area contributed by atoms with Crippen LogP contribution in [-0.4, -0.2) is 0 Å². The zero-order valence-corrected chi connectivity index (χ0v) is 8.92. The summed E-state index contributed by atoms with van der Waals surface area (Å²) in [4.78, 5) is 0. The summed E-state index contributed by atoms with van der Waals surface area (Å²) in [6.45, 7) is 3.80. The number of benzene rings is 2. The lowest BCUT2D eigenvalue weighted by Crippen LogP contribution is -1.88. The number of aryl methyl sites for hydroxylation is 2. The standard InChI is InChI=1S/C14H13F/c1-10-5-3-7-12(9-10)13-8-4-6-11(2)14(13)15/h3-9H,1-2H3. The van der Waals surface area contributed by atoms with E-state index in [4.69, 9.17) is 0 Å². The van der Waals surface area contributed by atoms with Gasteiger partial charge in [-0.3, -0.25) is 0 Å². The Morgan fingerprint density at radius 2 is 1.67 bits per heavy atom. The van der Waals surface area contributed by atoms with E-state index in [1.165, 1.54) is 0 Å². The maximum atomic E-state index is 13.8. The van der Waals surface area contributed by atoms with Crippen molar-refractivity contribution in [3.05, 3.63) is 59.4 Å². The molecule has 15 heavy (non-hydrogen) atoms. The summed E-state index contributed by atoms with van der Waals surface area (Å²) in [5.74, 6) is -0.122. The van der Waals surface area contributed by atoms with Gasteiger partial charge >= 0.3 is 0 Å². The molecular formula is C14H13F. The van der Waals surface area contributed by atoms with Crippen LogP contribution in [0.25, 0.3) is 11.1 Å². The van der Waals surface area contributed by atoms with Crippen LogP contribution >= 0.6 is 0 Å². The fourth-order valence-corrected chi connectivity index (χ4v) is 1.68. The smallest absolute Gasteiger partial charge is 0.133 e. The van der Waals surface area contributed by atoms with E-state index < -0.39 is 0 Å². The zero-order valence-electron chi connectivity index (χ0n) is 8.92. The van der Waals surface area contributed by atoms with Crippen LogP contribution < -0.4 is 0 Å². The third-order valence-electron chi connectivity index (χ3n) is 2.52. The summed E-state index contributed by atoms with van der Waals surface area (Å²) in [6, 6.07) is 13.4. The third-order valence-corrected chi connectivity index (χ3v) is 2.52. The molecule has 0 fully saturated rings. The molecule has 0 spiro atoms. The van der Waals surface area contributed by atoms with Crippen LogP contribution in [0.3, 0.4) is 0 Å². The van der Waals surface area contributed by atoms with Crippen LogP contribution in [0.5, 0.6) is 0 Å². The van der Waals surface area contributed by atoms with E-state index in [0.29, 0.717) is 11.1 Å². The van der Waals surface area contributed by atoms with E-state index >= 15 is 0 Å². The van der Waals surface area contributed by atoms with Gasteiger partial charge in [0.15, 0.2) is 0 Å². The largest absolute Gasteiger partial charge is 0.206 e. The first kappa shape index (κ1) is 9.91. The average molecular weight is 200 g/mol. The second kappa shape index (κ2) is 3.85. The van der Waals surface area contributed by atoms with Gasteiger partial charge in [-0.05, 0) is 25.0 Å². The number of hydrogen-bond acceptors (Lipinski definition) is 0. The van der Waals surface area contributed by atoms with E-state index in [-0.39, 0.29) is 5.82 Å². The van der Waals surface area contributed by atoms with Crippen molar-refractivity contribution >= 4 is 0 Å². The highest BCUT2D eigenvalue weighted by atomic mass is 19.1. The van der Waals surface area contributed by atoms with Crippen molar-refractivity contribution < 1.29 is 4.39 Å². The Hall–Kier alpha value is -1.63. The predicted molar refractivity (Wildman–Crippen MR) is 61.3 cm³/mol. The van der Waals surface area contributed by atoms with Crippen LogP contribution in [0.15, 0.2) is 42.5 Å². The van der Waals surface area contributed by atoms with E-state index in [1.807, 2.05) is 43.3 Å². The molecule has 2 rings (SSSR count). The van der Waals surface area contributed by atoms with Gasteiger partial charge in [-0.1, -0.05) is 48.0 Å². The summed E-state index contributed by atoms with van der Waals surface area (Å²) in [6.07, 6.45) is 0. The number of halogens is 1. The summed E-state index contributed by atoms with van der Waals surface area (Å²) in [5, 5.41) is 0. The van der Waals surface area contributed by atoms with Crippen LogP contribution in [0, 0.1) is 19.7 Å². The Bertz CT molecular complexity index is 486. The Labute approximate surface area is 89.4 Å². The Morgan fingerprint density at radius 1 is 0.933 bits per heavy atom. The van der Waals surface area contributed by atoms with Crippen LogP contribution in [-0.2, 0) is 0 Å². The maximum Gasteiger partial charge on any atom is 0.133 e. The Balaban J connectivity index is 2.59. The molecule has 0 aromatic heterocycles. The maximum absolute atomic E-state index is 13.8. The summed E-state index contributed by atoms with van der Waals surface area (Å²) < 4.78 is 13.8. The SMILES string of the molecule is Cc1cccc(-c2cccc(C)c2F)c1. The fraction of sp³-hybridized carbons (Fsp3) is 0.143. The molecule has 0 aliphatic rings. The Kier molecular flexibility index (Phi) is 2.55. The van der Waals surface area contributed by atoms with Crippen LogP contribution in [0.1, 0.15) is 11.1 Å². The molecule has 0 aliphatic heterocycles. The van der Waals surface area contributed by atoms with E-state index in [2.05, 4.69) is 0 Å². The van der Waals surface area contributed by atoms with Crippen molar-refractivity contribution in [2.24, 2.45) is 0 Å². The van der Waals surface area contributed by atoms with E-state index in [9.17, 15) is 4.39 Å². The monoisotopic (exact) mass is 200 g/mol. The van der Waals surface area contributed by atoms with Gasteiger partial charge in [0.1, 0.15) is 5.82 Å². The molecule has 0 aliphatic carbocycles. The van der Waals surface area contributed by atoms with Gasteiger partial charge in [-0.25, -0.2) is 4.39 Å². The number of hydrogen-bond donors (Lipinski definition) is 0. The molecule has 0 saturated carbocycles. The number of rotatable bonds is 1. The van der Waals surface area contributed by atoms with Gasteiger partial charge in [0.2, 0.25) is 0 Å². The van der Waals surface area contributed by atoms with Gasteiger partial charge in [-0.2, -0.15) is 0 Å². The molecule has 0 nitrogen and oxygen atoms in total. The molecule has 0 N–H and O–H groups in total. The van der Waals surface area contributed by atoms with Crippen molar-refractivity contribution in [1.29, 1.82) is 0 Å². The summed E-state index contributed by atoms with van der Waals surface area (Å²) in [7, 11) is 0. The quantitative estimate of drug-likeness (QED) is 0.649. The molecule has 0 atom stereocenters. The first-order chi connectivity index (χ1) is 7.18. The van der Waals surface area contributed by atoms with Gasteiger partial charge in [0.05, 0.1) is 0 Å². The lowest BCUT2D eigenvalue weighted by molar-refractivity contribution is 0.622. The Morgan fingerprint density at radius 3 is 2.40 bits per heavy atom. The molecule has 2 aromatic carbocycles. The normalized spacial score (nSPS) is 10.3. The van der Waals surface area contributed by atoms with E-state index in [0.717, 1.165) is 11.1 Å². The third kappa shape index (κ3) is 1.91. The fourth-order valence-electron chi connectivity index (χ4n) is 1.68. The molecule has 0 bridgehead atoms. The summed E-state index contributed by atoms with van der Waals surface area (Å²) >= 11 is 0. The second-order valence-electron chi connectivity index (χ2n) is 3.81. The molecule has 0 radical (unpaired) electrons. The molecule has 0 heterocycles. The predicted octanol–water partition coefficient (Wildman–Crippen LogP) is 4.11. The molecule has 2 aromatic rings. The molecule has 0 amide bonds.